The van der Waals surface area contributed by atoms with Gasteiger partial charge in [-0.2, -0.15) is 0 Å². The standard InChI is InChI=1S/C15H20N4O5S2/c20-12-11-19-26(23,24)14-6-4-13(5-7-14)25(21,22)18-10-9-17-15-3-1-2-8-16-15/h1-8,18-20H,9-12H2,(H,16,17). The Kier molecular flexibility index (Phi) is 7.06. The fraction of sp³-hybridized carbons (Fsp3) is 0.267. The fourth-order valence-corrected chi connectivity index (χ4v) is 4.04. The number of aliphatic hydroxyl groups excluding tert-OH is 1. The highest BCUT2D eigenvalue weighted by Gasteiger charge is 2.17. The molecule has 26 heavy (non-hydrogen) atoms. The molecule has 0 amide bonds. The summed E-state index contributed by atoms with van der Waals surface area (Å²) in [5, 5.41) is 11.7. The highest BCUT2D eigenvalue weighted by Crippen LogP contribution is 2.14. The molecule has 1 aromatic heterocycles. The Labute approximate surface area is 152 Å². The maximum absolute atomic E-state index is 12.2. The summed E-state index contributed by atoms with van der Waals surface area (Å²) in [6.07, 6.45) is 1.62. The van der Waals surface area contributed by atoms with Crippen LogP contribution in [0.4, 0.5) is 5.82 Å². The number of pyridine rings is 1. The van der Waals surface area contributed by atoms with E-state index in [9.17, 15) is 16.8 Å². The largest absolute Gasteiger partial charge is 0.395 e. The third kappa shape index (κ3) is 5.75. The van der Waals surface area contributed by atoms with Crippen molar-refractivity contribution in [3.8, 4) is 0 Å². The number of hydrogen-bond donors (Lipinski definition) is 4. The molecule has 0 atom stereocenters. The quantitative estimate of drug-likeness (QED) is 0.403. The van der Waals surface area contributed by atoms with Gasteiger partial charge in [-0.25, -0.2) is 31.3 Å². The second-order valence-corrected chi connectivity index (χ2v) is 8.67. The minimum absolute atomic E-state index is 0.0450. The smallest absolute Gasteiger partial charge is 0.240 e. The van der Waals surface area contributed by atoms with Crippen molar-refractivity contribution in [1.29, 1.82) is 0 Å². The van der Waals surface area contributed by atoms with Crippen LogP contribution in [0.3, 0.4) is 0 Å². The molecule has 4 N–H and O–H groups in total. The number of nitrogens with zero attached hydrogens (tertiary/aromatic N) is 1. The number of sulfonamides is 2. The Hall–Kier alpha value is -2.05. The van der Waals surface area contributed by atoms with Gasteiger partial charge >= 0.3 is 0 Å². The highest BCUT2D eigenvalue weighted by molar-refractivity contribution is 7.90. The van der Waals surface area contributed by atoms with Crippen molar-refractivity contribution in [1.82, 2.24) is 14.4 Å². The van der Waals surface area contributed by atoms with E-state index in [2.05, 4.69) is 19.7 Å². The van der Waals surface area contributed by atoms with E-state index in [1.54, 1.807) is 18.3 Å². The van der Waals surface area contributed by atoms with Gasteiger partial charge in [-0.3, -0.25) is 0 Å². The van der Waals surface area contributed by atoms with Crippen LogP contribution in [-0.2, 0) is 20.0 Å². The van der Waals surface area contributed by atoms with Crippen molar-refractivity contribution in [3.63, 3.8) is 0 Å². The van der Waals surface area contributed by atoms with Crippen LogP contribution in [0.2, 0.25) is 0 Å². The lowest BCUT2D eigenvalue weighted by Gasteiger charge is -2.09. The van der Waals surface area contributed by atoms with Crippen molar-refractivity contribution in [2.24, 2.45) is 0 Å². The second kappa shape index (κ2) is 9.05. The van der Waals surface area contributed by atoms with Crippen LogP contribution < -0.4 is 14.8 Å². The zero-order valence-corrected chi connectivity index (χ0v) is 15.4. The summed E-state index contributed by atoms with van der Waals surface area (Å²) in [5.74, 6) is 0.636. The fourth-order valence-electron chi connectivity index (χ4n) is 1.99. The summed E-state index contributed by atoms with van der Waals surface area (Å²) >= 11 is 0. The molecule has 0 spiro atoms. The lowest BCUT2D eigenvalue weighted by Crippen LogP contribution is -2.29. The van der Waals surface area contributed by atoms with Crippen molar-refractivity contribution in [3.05, 3.63) is 48.7 Å². The lowest BCUT2D eigenvalue weighted by molar-refractivity contribution is 0.301. The maximum Gasteiger partial charge on any atom is 0.240 e. The van der Waals surface area contributed by atoms with Gasteiger partial charge in [-0.1, -0.05) is 6.07 Å². The highest BCUT2D eigenvalue weighted by atomic mass is 32.2. The van der Waals surface area contributed by atoms with Gasteiger partial charge in [0.2, 0.25) is 20.0 Å². The number of aromatic nitrogens is 1. The topological polar surface area (TPSA) is 137 Å². The molecular formula is C15H20N4O5S2. The van der Waals surface area contributed by atoms with Crippen LogP contribution in [0.15, 0.2) is 58.5 Å². The van der Waals surface area contributed by atoms with Crippen LogP contribution in [0.25, 0.3) is 0 Å². The van der Waals surface area contributed by atoms with Gasteiger partial charge in [-0.05, 0) is 36.4 Å². The number of nitrogens with one attached hydrogen (secondary N) is 3. The third-order valence-electron chi connectivity index (χ3n) is 3.24. The zero-order chi connectivity index (χ0) is 19.0. The van der Waals surface area contributed by atoms with Gasteiger partial charge in [0, 0.05) is 25.8 Å². The molecule has 9 nitrogen and oxygen atoms in total. The van der Waals surface area contributed by atoms with Gasteiger partial charge in [0.1, 0.15) is 5.82 Å². The first-order chi connectivity index (χ1) is 12.3. The van der Waals surface area contributed by atoms with E-state index in [0.717, 1.165) is 0 Å². The molecule has 0 aliphatic carbocycles. The summed E-state index contributed by atoms with van der Waals surface area (Å²) in [6, 6.07) is 10.2. The molecule has 0 bridgehead atoms. The first-order valence-electron chi connectivity index (χ1n) is 7.70. The SMILES string of the molecule is O=S(=O)(NCCO)c1ccc(S(=O)(=O)NCCNc2ccccn2)cc1. The van der Waals surface area contributed by atoms with Gasteiger partial charge in [0.05, 0.1) is 16.4 Å². The number of benzene rings is 1. The van der Waals surface area contributed by atoms with Crippen LogP contribution in [-0.4, -0.2) is 53.2 Å². The Morgan fingerprint density at radius 1 is 0.808 bits per heavy atom. The van der Waals surface area contributed by atoms with Crippen LogP contribution >= 0.6 is 0 Å². The molecular weight excluding hydrogens is 380 g/mol. The Morgan fingerprint density at radius 2 is 1.38 bits per heavy atom. The first kappa shape index (κ1) is 20.3. The number of hydrogen-bond acceptors (Lipinski definition) is 7. The first-order valence-corrected chi connectivity index (χ1v) is 10.7. The molecule has 0 unspecified atom stereocenters. The van der Waals surface area contributed by atoms with Crippen molar-refractivity contribution >= 4 is 25.9 Å². The molecule has 0 radical (unpaired) electrons. The molecule has 0 fully saturated rings. The molecule has 1 heterocycles. The molecule has 0 aliphatic rings. The predicted octanol–water partition coefficient (Wildman–Crippen LogP) is -0.257. The molecule has 1 aromatic carbocycles. The average molecular weight is 400 g/mol. The number of rotatable bonds is 10. The monoisotopic (exact) mass is 400 g/mol. The van der Waals surface area contributed by atoms with Crippen molar-refractivity contribution in [2.75, 3.05) is 31.6 Å². The van der Waals surface area contributed by atoms with E-state index in [0.29, 0.717) is 12.4 Å². The van der Waals surface area contributed by atoms with Crippen LogP contribution in [0.1, 0.15) is 0 Å². The molecule has 0 aliphatic heterocycles. The molecule has 11 heteroatoms. The van der Waals surface area contributed by atoms with Gasteiger partial charge < -0.3 is 10.4 Å². The lowest BCUT2D eigenvalue weighted by atomic mass is 10.4. The van der Waals surface area contributed by atoms with Crippen molar-refractivity contribution in [2.45, 2.75) is 9.79 Å². The summed E-state index contributed by atoms with van der Waals surface area (Å²) in [7, 11) is -7.54. The minimum Gasteiger partial charge on any atom is -0.395 e. The Balaban J connectivity index is 1.94. The summed E-state index contributed by atoms with van der Waals surface area (Å²) < 4.78 is 52.8. The molecule has 2 rings (SSSR count). The van der Waals surface area contributed by atoms with Gasteiger partial charge in [0.25, 0.3) is 0 Å². The van der Waals surface area contributed by atoms with Crippen LogP contribution in [0.5, 0.6) is 0 Å². The van der Waals surface area contributed by atoms with Gasteiger partial charge in [-0.15, -0.1) is 0 Å². The normalized spacial score (nSPS) is 12.0. The third-order valence-corrected chi connectivity index (χ3v) is 6.19. The minimum atomic E-state index is -3.78. The van der Waals surface area contributed by atoms with E-state index < -0.39 is 20.0 Å². The second-order valence-electron chi connectivity index (χ2n) is 5.13. The molecule has 0 saturated carbocycles. The predicted molar refractivity (Wildman–Crippen MR) is 96.6 cm³/mol. The van der Waals surface area contributed by atoms with E-state index in [4.69, 9.17) is 5.11 Å². The summed E-state index contributed by atoms with van der Waals surface area (Å²) in [6.45, 7) is 0.0279. The number of aliphatic hydroxyl groups is 1. The summed E-state index contributed by atoms with van der Waals surface area (Å²) in [4.78, 5) is 3.93. The Bertz CT molecular complexity index is 901. The van der Waals surface area contributed by atoms with Crippen molar-refractivity contribution < 1.29 is 21.9 Å². The molecule has 0 saturated heterocycles. The van der Waals surface area contributed by atoms with Gasteiger partial charge in [0.15, 0.2) is 0 Å². The molecule has 142 valence electrons. The van der Waals surface area contributed by atoms with E-state index in [-0.39, 0.29) is 29.5 Å². The molecule has 2 aromatic rings. The number of anilines is 1. The van der Waals surface area contributed by atoms with E-state index >= 15 is 0 Å². The van der Waals surface area contributed by atoms with E-state index in [1.807, 2.05) is 6.07 Å². The summed E-state index contributed by atoms with van der Waals surface area (Å²) in [5.41, 5.74) is 0. The van der Waals surface area contributed by atoms with E-state index in [1.165, 1.54) is 24.3 Å². The average Bonchev–Trinajstić information content (AvgIpc) is 2.65. The Morgan fingerprint density at radius 3 is 1.88 bits per heavy atom. The zero-order valence-electron chi connectivity index (χ0n) is 13.8. The maximum atomic E-state index is 12.2. The van der Waals surface area contributed by atoms with Crippen LogP contribution in [0, 0.1) is 0 Å².